The molecule has 2 aromatic rings. The summed E-state index contributed by atoms with van der Waals surface area (Å²) in [6.45, 7) is 4.32. The van der Waals surface area contributed by atoms with Crippen LogP contribution in [0.5, 0.6) is 5.75 Å². The zero-order valence-corrected chi connectivity index (χ0v) is 16.2. The van der Waals surface area contributed by atoms with E-state index in [2.05, 4.69) is 10.6 Å². The lowest BCUT2D eigenvalue weighted by atomic mass is 10.1. The molecule has 0 saturated heterocycles. The van der Waals surface area contributed by atoms with Crippen LogP contribution < -0.4 is 15.4 Å². The van der Waals surface area contributed by atoms with E-state index in [0.29, 0.717) is 29.3 Å². The predicted molar refractivity (Wildman–Crippen MR) is 105 cm³/mol. The van der Waals surface area contributed by atoms with Crippen molar-refractivity contribution in [2.24, 2.45) is 0 Å². The Balaban J connectivity index is 1.57. The molecule has 0 fully saturated rings. The maximum atomic E-state index is 12.4. The Morgan fingerprint density at radius 2 is 2.07 bits per heavy atom. The van der Waals surface area contributed by atoms with Crippen molar-refractivity contribution < 1.29 is 14.3 Å². The molecule has 1 aliphatic heterocycles. The number of hydrogen-bond acceptors (Lipinski definition) is 3. The molecule has 2 aromatic carbocycles. The van der Waals surface area contributed by atoms with Crippen LogP contribution in [0.4, 0.5) is 0 Å². The summed E-state index contributed by atoms with van der Waals surface area (Å²) >= 11 is 5.98. The van der Waals surface area contributed by atoms with Gasteiger partial charge in [0.15, 0.2) is 6.10 Å². The van der Waals surface area contributed by atoms with Crippen molar-refractivity contribution in [2.45, 2.75) is 45.4 Å². The summed E-state index contributed by atoms with van der Waals surface area (Å²) in [6.07, 6.45) is 0.811. The van der Waals surface area contributed by atoms with Crippen LogP contribution in [0, 0.1) is 0 Å². The Hall–Kier alpha value is -2.53. The molecular weight excluding hydrogens is 364 g/mol. The lowest BCUT2D eigenvalue weighted by Gasteiger charge is -2.13. The number of amides is 2. The van der Waals surface area contributed by atoms with Gasteiger partial charge in [-0.15, -0.1) is 0 Å². The van der Waals surface area contributed by atoms with Gasteiger partial charge in [0.05, 0.1) is 0 Å². The summed E-state index contributed by atoms with van der Waals surface area (Å²) in [6, 6.07) is 12.7. The highest BCUT2D eigenvalue weighted by atomic mass is 35.5. The largest absolute Gasteiger partial charge is 0.480 e. The van der Waals surface area contributed by atoms with Crippen LogP contribution in [0.25, 0.3) is 0 Å². The third kappa shape index (κ3) is 4.80. The van der Waals surface area contributed by atoms with E-state index in [1.54, 1.807) is 24.3 Å². The summed E-state index contributed by atoms with van der Waals surface area (Å²) < 4.78 is 5.70. The first kappa shape index (κ1) is 19.2. The Morgan fingerprint density at radius 3 is 2.85 bits per heavy atom. The number of carbonyl (C=O) groups excluding carboxylic acids is 2. The van der Waals surface area contributed by atoms with Crippen molar-refractivity contribution >= 4 is 23.4 Å². The quantitative estimate of drug-likeness (QED) is 0.798. The highest BCUT2D eigenvalue weighted by molar-refractivity contribution is 6.30. The molecule has 1 aliphatic rings. The normalized spacial score (nSPS) is 16.2. The molecule has 5 nitrogen and oxygen atoms in total. The van der Waals surface area contributed by atoms with E-state index >= 15 is 0 Å². The summed E-state index contributed by atoms with van der Waals surface area (Å²) in [4.78, 5) is 24.7. The molecule has 0 aliphatic carbocycles. The molecule has 1 heterocycles. The fourth-order valence-corrected chi connectivity index (χ4v) is 3.09. The Labute approximate surface area is 164 Å². The summed E-state index contributed by atoms with van der Waals surface area (Å²) in [5.41, 5.74) is 2.38. The van der Waals surface area contributed by atoms with E-state index in [-0.39, 0.29) is 17.9 Å². The summed E-state index contributed by atoms with van der Waals surface area (Å²) in [7, 11) is 0. The van der Waals surface area contributed by atoms with Gasteiger partial charge in [-0.25, -0.2) is 0 Å². The van der Waals surface area contributed by atoms with Gasteiger partial charge < -0.3 is 15.4 Å². The topological polar surface area (TPSA) is 67.4 Å². The predicted octanol–water partition coefficient (Wildman–Crippen LogP) is 3.49. The molecule has 0 bridgehead atoms. The Kier molecular flexibility index (Phi) is 6.01. The smallest absolute Gasteiger partial charge is 0.261 e. The maximum absolute atomic E-state index is 12.4. The second-order valence-electron chi connectivity index (χ2n) is 6.76. The molecular formula is C21H23ClN2O3. The summed E-state index contributed by atoms with van der Waals surface area (Å²) in [5.74, 6) is 0.407. The van der Waals surface area contributed by atoms with E-state index in [1.165, 1.54) is 0 Å². The van der Waals surface area contributed by atoms with E-state index in [1.807, 2.05) is 32.0 Å². The third-order valence-corrected chi connectivity index (χ3v) is 4.87. The maximum Gasteiger partial charge on any atom is 0.261 e. The fourth-order valence-electron chi connectivity index (χ4n) is 2.90. The van der Waals surface area contributed by atoms with Crippen LogP contribution in [-0.4, -0.2) is 24.0 Å². The molecule has 0 spiro atoms. The van der Waals surface area contributed by atoms with Crippen LogP contribution in [0.15, 0.2) is 42.5 Å². The zero-order chi connectivity index (χ0) is 19.4. The number of benzene rings is 2. The number of ether oxygens (including phenoxy) is 1. The van der Waals surface area contributed by atoms with Gasteiger partial charge in [-0.1, -0.05) is 30.7 Å². The van der Waals surface area contributed by atoms with Gasteiger partial charge in [-0.3, -0.25) is 9.59 Å². The number of nitrogens with one attached hydrogen (secondary N) is 2. The van der Waals surface area contributed by atoms with Crippen molar-refractivity contribution in [3.63, 3.8) is 0 Å². The highest BCUT2D eigenvalue weighted by Gasteiger charge is 2.29. The van der Waals surface area contributed by atoms with Gasteiger partial charge in [0.25, 0.3) is 11.8 Å². The zero-order valence-electron chi connectivity index (χ0n) is 15.4. The van der Waals surface area contributed by atoms with E-state index in [0.717, 1.165) is 17.5 Å². The minimum Gasteiger partial charge on any atom is -0.480 e. The van der Waals surface area contributed by atoms with Crippen LogP contribution >= 0.6 is 11.6 Å². The second-order valence-corrected chi connectivity index (χ2v) is 7.20. The minimum absolute atomic E-state index is 0.107. The molecule has 0 aromatic heterocycles. The Bertz CT molecular complexity index is 853. The van der Waals surface area contributed by atoms with Gasteiger partial charge in [0, 0.05) is 29.6 Å². The van der Waals surface area contributed by atoms with Crippen molar-refractivity contribution in [3.05, 3.63) is 64.2 Å². The van der Waals surface area contributed by atoms with Crippen molar-refractivity contribution in [1.29, 1.82) is 0 Å². The first-order valence-corrected chi connectivity index (χ1v) is 9.46. The van der Waals surface area contributed by atoms with Crippen molar-refractivity contribution in [2.75, 3.05) is 0 Å². The average molecular weight is 387 g/mol. The van der Waals surface area contributed by atoms with Crippen LogP contribution in [0.1, 0.15) is 41.8 Å². The van der Waals surface area contributed by atoms with Gasteiger partial charge >= 0.3 is 0 Å². The van der Waals surface area contributed by atoms with Crippen LogP contribution in [0.2, 0.25) is 5.02 Å². The van der Waals surface area contributed by atoms with Gasteiger partial charge in [0.2, 0.25) is 0 Å². The molecule has 0 radical (unpaired) electrons. The van der Waals surface area contributed by atoms with E-state index < -0.39 is 6.10 Å². The lowest BCUT2D eigenvalue weighted by Crippen LogP contribution is -2.37. The summed E-state index contributed by atoms with van der Waals surface area (Å²) in [5, 5.41) is 6.45. The standard InChI is InChI=1S/C21H23ClN2O3/c1-3-13(2)24-20(25)15-6-4-5-14(9-15)12-23-21(26)19-11-16-10-17(22)7-8-18(16)27-19/h4-10,13,19H,3,11-12H2,1-2H3,(H,23,26)(H,24,25)/t13-,19+/m1/s1. The highest BCUT2D eigenvalue weighted by Crippen LogP contribution is 2.31. The Morgan fingerprint density at radius 1 is 1.26 bits per heavy atom. The number of hydrogen-bond donors (Lipinski definition) is 2. The first-order chi connectivity index (χ1) is 13.0. The second kappa shape index (κ2) is 8.44. The average Bonchev–Trinajstić information content (AvgIpc) is 3.09. The molecule has 3 rings (SSSR count). The van der Waals surface area contributed by atoms with Gasteiger partial charge in [-0.2, -0.15) is 0 Å². The monoisotopic (exact) mass is 386 g/mol. The molecule has 6 heteroatoms. The molecule has 142 valence electrons. The first-order valence-electron chi connectivity index (χ1n) is 9.09. The number of fused-ring (bicyclic) bond motifs is 1. The molecule has 2 atom stereocenters. The van der Waals surface area contributed by atoms with Gasteiger partial charge in [-0.05, 0) is 54.8 Å². The lowest BCUT2D eigenvalue weighted by molar-refractivity contribution is -0.127. The fraction of sp³-hybridized carbons (Fsp3) is 0.333. The van der Waals surface area contributed by atoms with Crippen LogP contribution in [0.3, 0.4) is 0 Å². The van der Waals surface area contributed by atoms with Crippen LogP contribution in [-0.2, 0) is 17.8 Å². The minimum atomic E-state index is -0.560. The molecule has 2 N–H and O–H groups in total. The number of halogens is 1. The van der Waals surface area contributed by atoms with E-state index in [9.17, 15) is 9.59 Å². The van der Waals surface area contributed by atoms with Gasteiger partial charge in [0.1, 0.15) is 5.75 Å². The van der Waals surface area contributed by atoms with Crippen molar-refractivity contribution in [1.82, 2.24) is 10.6 Å². The molecule has 2 amide bonds. The SMILES string of the molecule is CC[C@@H](C)NC(=O)c1cccc(CNC(=O)[C@@H]2Cc3cc(Cl)ccc3O2)c1. The number of rotatable bonds is 6. The molecule has 0 unspecified atom stereocenters. The molecule has 0 saturated carbocycles. The third-order valence-electron chi connectivity index (χ3n) is 4.64. The van der Waals surface area contributed by atoms with Crippen molar-refractivity contribution in [3.8, 4) is 5.75 Å². The van der Waals surface area contributed by atoms with E-state index in [4.69, 9.17) is 16.3 Å². The molecule has 27 heavy (non-hydrogen) atoms. The number of carbonyl (C=O) groups is 2.